The number of hydrogen-bond donors (Lipinski definition) is 2. The van der Waals surface area contributed by atoms with Crippen LogP contribution in [0.1, 0.15) is 33.8 Å². The zero-order valence-electron chi connectivity index (χ0n) is 14.1. The van der Waals surface area contributed by atoms with Crippen molar-refractivity contribution in [3.05, 3.63) is 57.4 Å². The average molecular weight is 329 g/mol. The molecule has 1 saturated heterocycles. The van der Waals surface area contributed by atoms with Crippen molar-refractivity contribution < 1.29 is 9.21 Å². The molecule has 1 fully saturated rings. The van der Waals surface area contributed by atoms with E-state index in [2.05, 4.69) is 15.2 Å². The van der Waals surface area contributed by atoms with Gasteiger partial charge in [0.2, 0.25) is 0 Å². The fraction of sp³-hybridized carbons (Fsp3) is 0.444. The molecule has 2 aromatic heterocycles. The molecular formula is C18H23N3O3. The Morgan fingerprint density at radius 2 is 2.29 bits per heavy atom. The molecule has 128 valence electrons. The first kappa shape index (κ1) is 16.5. The third-order valence-corrected chi connectivity index (χ3v) is 4.47. The molecule has 1 unspecified atom stereocenters. The number of carbonyl (C=O) groups excluding carboxylic acids is 1. The Bertz CT molecular complexity index is 764. The number of likely N-dealkylation sites (tertiary alicyclic amines) is 1. The van der Waals surface area contributed by atoms with Crippen LogP contribution in [0.15, 0.2) is 33.7 Å². The van der Waals surface area contributed by atoms with Gasteiger partial charge in [-0.1, -0.05) is 0 Å². The minimum atomic E-state index is -0.323. The molecule has 1 atom stereocenters. The number of amides is 1. The van der Waals surface area contributed by atoms with Crippen LogP contribution in [-0.4, -0.2) is 35.4 Å². The summed E-state index contributed by atoms with van der Waals surface area (Å²) >= 11 is 0. The van der Waals surface area contributed by atoms with Crippen molar-refractivity contribution in [1.82, 2.24) is 15.2 Å². The highest BCUT2D eigenvalue weighted by Crippen LogP contribution is 2.18. The number of pyridine rings is 1. The predicted molar refractivity (Wildman–Crippen MR) is 91.0 cm³/mol. The van der Waals surface area contributed by atoms with Crippen LogP contribution in [-0.2, 0) is 6.54 Å². The van der Waals surface area contributed by atoms with Gasteiger partial charge in [0, 0.05) is 18.8 Å². The Morgan fingerprint density at radius 3 is 3.00 bits per heavy atom. The van der Waals surface area contributed by atoms with Crippen LogP contribution in [0.5, 0.6) is 0 Å². The van der Waals surface area contributed by atoms with Crippen molar-refractivity contribution in [2.45, 2.75) is 26.8 Å². The highest BCUT2D eigenvalue weighted by atomic mass is 16.3. The molecule has 0 bridgehead atoms. The van der Waals surface area contributed by atoms with E-state index >= 15 is 0 Å². The fourth-order valence-electron chi connectivity index (χ4n) is 3.31. The maximum atomic E-state index is 12.3. The van der Waals surface area contributed by atoms with Gasteiger partial charge in [0.1, 0.15) is 11.3 Å². The number of nitrogens with one attached hydrogen (secondary N) is 2. The van der Waals surface area contributed by atoms with Crippen LogP contribution in [0.25, 0.3) is 0 Å². The number of hydrogen-bond acceptors (Lipinski definition) is 4. The predicted octanol–water partition coefficient (Wildman–Crippen LogP) is 1.84. The maximum Gasteiger partial charge on any atom is 0.261 e. The molecule has 2 aromatic rings. The topological polar surface area (TPSA) is 78.3 Å². The zero-order chi connectivity index (χ0) is 17.1. The van der Waals surface area contributed by atoms with Gasteiger partial charge in [-0.15, -0.1) is 0 Å². The molecule has 6 heteroatoms. The lowest BCUT2D eigenvalue weighted by molar-refractivity contribution is 0.0945. The van der Waals surface area contributed by atoms with E-state index < -0.39 is 0 Å². The molecule has 0 aromatic carbocycles. The van der Waals surface area contributed by atoms with E-state index in [1.165, 1.54) is 0 Å². The van der Waals surface area contributed by atoms with Crippen LogP contribution in [0.3, 0.4) is 0 Å². The number of carbonyl (C=O) groups is 1. The van der Waals surface area contributed by atoms with Crippen LogP contribution in [0, 0.1) is 19.8 Å². The Labute approximate surface area is 140 Å². The Balaban J connectivity index is 1.53. The Morgan fingerprint density at radius 1 is 1.46 bits per heavy atom. The summed E-state index contributed by atoms with van der Waals surface area (Å²) < 4.78 is 5.37. The second-order valence-electron chi connectivity index (χ2n) is 6.52. The number of H-pyrrole nitrogens is 1. The first-order chi connectivity index (χ1) is 11.5. The van der Waals surface area contributed by atoms with Gasteiger partial charge in [-0.3, -0.25) is 14.5 Å². The molecule has 0 radical (unpaired) electrons. The summed E-state index contributed by atoms with van der Waals surface area (Å²) in [6, 6.07) is 5.68. The lowest BCUT2D eigenvalue weighted by Gasteiger charge is -2.15. The minimum absolute atomic E-state index is 0.214. The molecule has 0 aliphatic carbocycles. The van der Waals surface area contributed by atoms with E-state index in [-0.39, 0.29) is 17.0 Å². The largest absolute Gasteiger partial charge is 0.468 e. The number of nitrogens with zero attached hydrogens (tertiary/aromatic N) is 1. The summed E-state index contributed by atoms with van der Waals surface area (Å²) in [5, 5.41) is 2.91. The number of aromatic nitrogens is 1. The molecule has 1 aliphatic heterocycles. The number of furan rings is 1. The molecule has 6 nitrogen and oxygen atoms in total. The van der Waals surface area contributed by atoms with Crippen molar-refractivity contribution in [1.29, 1.82) is 0 Å². The second-order valence-corrected chi connectivity index (χ2v) is 6.52. The van der Waals surface area contributed by atoms with Crippen molar-refractivity contribution in [3.63, 3.8) is 0 Å². The molecular weight excluding hydrogens is 306 g/mol. The van der Waals surface area contributed by atoms with Gasteiger partial charge in [-0.2, -0.15) is 0 Å². The van der Waals surface area contributed by atoms with Gasteiger partial charge >= 0.3 is 0 Å². The van der Waals surface area contributed by atoms with Gasteiger partial charge < -0.3 is 14.7 Å². The average Bonchev–Trinajstić information content (AvgIpc) is 3.16. The van der Waals surface area contributed by atoms with Gasteiger partial charge in [0.25, 0.3) is 11.5 Å². The smallest absolute Gasteiger partial charge is 0.261 e. The van der Waals surface area contributed by atoms with Crippen LogP contribution >= 0.6 is 0 Å². The first-order valence-electron chi connectivity index (χ1n) is 8.26. The van der Waals surface area contributed by atoms with Gasteiger partial charge in [-0.05, 0) is 56.5 Å². The fourth-order valence-corrected chi connectivity index (χ4v) is 3.31. The van der Waals surface area contributed by atoms with Gasteiger partial charge in [-0.25, -0.2) is 0 Å². The molecule has 1 aliphatic rings. The number of aromatic amines is 1. The van der Waals surface area contributed by atoms with Crippen LogP contribution < -0.4 is 10.9 Å². The van der Waals surface area contributed by atoms with Crippen molar-refractivity contribution in [2.75, 3.05) is 19.6 Å². The Hall–Kier alpha value is -2.34. The summed E-state index contributed by atoms with van der Waals surface area (Å²) in [5.74, 6) is 1.06. The SMILES string of the molecule is Cc1cc(C)c(C(=O)NCC2CCN(Cc3ccco3)C2)c(=O)[nH]1. The maximum absolute atomic E-state index is 12.3. The van der Waals surface area contributed by atoms with Crippen molar-refractivity contribution >= 4 is 5.91 Å². The summed E-state index contributed by atoms with van der Waals surface area (Å²) in [6.07, 6.45) is 2.72. The summed E-state index contributed by atoms with van der Waals surface area (Å²) in [6.45, 7) is 6.89. The molecule has 24 heavy (non-hydrogen) atoms. The third-order valence-electron chi connectivity index (χ3n) is 4.47. The normalized spacial score (nSPS) is 18.0. The van der Waals surface area contributed by atoms with Crippen molar-refractivity contribution in [3.8, 4) is 0 Å². The monoisotopic (exact) mass is 329 g/mol. The van der Waals surface area contributed by atoms with E-state index in [0.717, 1.165) is 37.5 Å². The van der Waals surface area contributed by atoms with Crippen molar-refractivity contribution in [2.24, 2.45) is 5.92 Å². The van der Waals surface area contributed by atoms with E-state index in [0.29, 0.717) is 18.0 Å². The van der Waals surface area contributed by atoms with E-state index in [1.807, 2.05) is 25.1 Å². The highest BCUT2D eigenvalue weighted by Gasteiger charge is 2.24. The lowest BCUT2D eigenvalue weighted by Crippen LogP contribution is -2.35. The minimum Gasteiger partial charge on any atom is -0.468 e. The lowest BCUT2D eigenvalue weighted by atomic mass is 10.1. The van der Waals surface area contributed by atoms with Gasteiger partial charge in [0.15, 0.2) is 0 Å². The van der Waals surface area contributed by atoms with Gasteiger partial charge in [0.05, 0.1) is 12.8 Å². The second kappa shape index (κ2) is 7.05. The Kier molecular flexibility index (Phi) is 4.85. The molecule has 2 N–H and O–H groups in total. The summed E-state index contributed by atoms with van der Waals surface area (Å²) in [4.78, 5) is 29.3. The highest BCUT2D eigenvalue weighted by molar-refractivity contribution is 5.95. The number of rotatable bonds is 5. The molecule has 0 spiro atoms. The number of aryl methyl sites for hydroxylation is 2. The molecule has 3 heterocycles. The van der Waals surface area contributed by atoms with E-state index in [4.69, 9.17) is 4.42 Å². The molecule has 0 saturated carbocycles. The molecule has 3 rings (SSSR count). The quantitative estimate of drug-likeness (QED) is 0.877. The summed E-state index contributed by atoms with van der Waals surface area (Å²) in [7, 11) is 0. The summed E-state index contributed by atoms with van der Waals surface area (Å²) in [5.41, 5.74) is 1.36. The third kappa shape index (κ3) is 3.76. The van der Waals surface area contributed by atoms with Crippen LogP contribution in [0.2, 0.25) is 0 Å². The van der Waals surface area contributed by atoms with E-state index in [9.17, 15) is 9.59 Å². The van der Waals surface area contributed by atoms with Crippen LogP contribution in [0.4, 0.5) is 0 Å². The standard InChI is InChI=1S/C18H23N3O3/c1-12-8-13(2)20-18(23)16(12)17(22)19-9-14-5-6-21(10-14)11-15-4-3-7-24-15/h3-4,7-8,14H,5-6,9-11H2,1-2H3,(H,19,22)(H,20,23). The molecule has 1 amide bonds. The first-order valence-corrected chi connectivity index (χ1v) is 8.26. The van der Waals surface area contributed by atoms with E-state index in [1.54, 1.807) is 13.2 Å². The zero-order valence-corrected chi connectivity index (χ0v) is 14.1.